The molecule has 0 aliphatic heterocycles. The molecule has 2 atom stereocenters. The molecule has 2 aromatic rings. The maximum Gasteiger partial charge on any atom is 0.0805 e. The summed E-state index contributed by atoms with van der Waals surface area (Å²) in [5, 5.41) is 9.72. The molecule has 2 unspecified atom stereocenters. The quantitative estimate of drug-likeness (QED) is 0.709. The van der Waals surface area contributed by atoms with Crippen LogP contribution in [-0.2, 0) is 12.8 Å². The minimum absolute atomic E-state index is 0.119. The lowest BCUT2D eigenvalue weighted by Gasteiger charge is -2.11. The lowest BCUT2D eigenvalue weighted by molar-refractivity contribution is 0.172. The fraction of sp³-hybridized carbons (Fsp3) is 0.500. The van der Waals surface area contributed by atoms with Crippen molar-refractivity contribution in [3.63, 3.8) is 0 Å². The SMILES string of the molecule is CCc1ncccc1C(Cl)CC.CCc1ncccc1C(O)CC. The minimum Gasteiger partial charge on any atom is -0.388 e. The largest absolute Gasteiger partial charge is 0.388 e. The maximum atomic E-state index is 9.60. The van der Waals surface area contributed by atoms with Crippen LogP contribution >= 0.6 is 11.6 Å². The third kappa shape index (κ3) is 5.88. The van der Waals surface area contributed by atoms with E-state index in [1.807, 2.05) is 38.2 Å². The zero-order valence-corrected chi connectivity index (χ0v) is 15.9. The van der Waals surface area contributed by atoms with Crippen molar-refractivity contribution in [3.05, 3.63) is 59.2 Å². The van der Waals surface area contributed by atoms with E-state index in [1.54, 1.807) is 6.20 Å². The number of aromatic nitrogens is 2. The van der Waals surface area contributed by atoms with Crippen LogP contribution in [0.1, 0.15) is 74.5 Å². The molecule has 1 N–H and O–H groups in total. The van der Waals surface area contributed by atoms with E-state index in [9.17, 15) is 5.11 Å². The van der Waals surface area contributed by atoms with E-state index in [2.05, 4.69) is 29.9 Å². The van der Waals surface area contributed by atoms with Crippen LogP contribution in [0.5, 0.6) is 0 Å². The molecule has 0 aromatic carbocycles. The molecule has 0 spiro atoms. The summed E-state index contributed by atoms with van der Waals surface area (Å²) in [5.41, 5.74) is 4.29. The lowest BCUT2D eigenvalue weighted by atomic mass is 10.0. The van der Waals surface area contributed by atoms with E-state index < -0.39 is 0 Å². The molecule has 0 amide bonds. The van der Waals surface area contributed by atoms with E-state index in [1.165, 1.54) is 5.56 Å². The van der Waals surface area contributed by atoms with Crippen molar-refractivity contribution < 1.29 is 5.11 Å². The molecule has 0 saturated heterocycles. The smallest absolute Gasteiger partial charge is 0.0805 e. The first-order chi connectivity index (χ1) is 11.6. The van der Waals surface area contributed by atoms with Gasteiger partial charge in [0.15, 0.2) is 0 Å². The number of halogens is 1. The molecule has 4 heteroatoms. The van der Waals surface area contributed by atoms with Gasteiger partial charge in [-0.3, -0.25) is 9.97 Å². The zero-order valence-electron chi connectivity index (χ0n) is 15.2. The molecule has 0 aliphatic carbocycles. The van der Waals surface area contributed by atoms with Gasteiger partial charge in [0, 0.05) is 29.3 Å². The number of nitrogens with zero attached hydrogens (tertiary/aromatic N) is 2. The van der Waals surface area contributed by atoms with Gasteiger partial charge in [-0.1, -0.05) is 39.8 Å². The summed E-state index contributed by atoms with van der Waals surface area (Å²) in [5.74, 6) is 0. The predicted octanol–water partition coefficient (Wildman–Crippen LogP) is 5.42. The highest BCUT2D eigenvalue weighted by molar-refractivity contribution is 6.20. The molecule has 0 saturated carbocycles. The number of hydrogen-bond acceptors (Lipinski definition) is 3. The summed E-state index contributed by atoms with van der Waals surface area (Å²) in [6.07, 6.45) is 6.78. The summed E-state index contributed by atoms with van der Waals surface area (Å²) in [7, 11) is 0. The molecule has 2 rings (SSSR count). The van der Waals surface area contributed by atoms with Gasteiger partial charge in [0.1, 0.15) is 0 Å². The molecule has 24 heavy (non-hydrogen) atoms. The van der Waals surface area contributed by atoms with Crippen LogP contribution < -0.4 is 0 Å². The molecule has 0 fully saturated rings. The second kappa shape index (κ2) is 11.2. The van der Waals surface area contributed by atoms with Crippen LogP contribution in [0.15, 0.2) is 36.7 Å². The van der Waals surface area contributed by atoms with Crippen molar-refractivity contribution in [2.24, 2.45) is 0 Å². The highest BCUT2D eigenvalue weighted by Crippen LogP contribution is 2.25. The molecule has 3 nitrogen and oxygen atoms in total. The van der Waals surface area contributed by atoms with Crippen LogP contribution in [0.3, 0.4) is 0 Å². The monoisotopic (exact) mass is 348 g/mol. The van der Waals surface area contributed by atoms with Gasteiger partial charge in [-0.15, -0.1) is 11.6 Å². The number of rotatable bonds is 6. The Bertz CT molecular complexity index is 550. The van der Waals surface area contributed by atoms with Crippen LogP contribution in [0, 0.1) is 0 Å². The summed E-state index contributed by atoms with van der Waals surface area (Å²) in [6.45, 7) is 8.21. The van der Waals surface area contributed by atoms with Crippen molar-refractivity contribution >= 4 is 11.6 Å². The first-order valence-corrected chi connectivity index (χ1v) is 9.22. The summed E-state index contributed by atoms with van der Waals surface area (Å²) >= 11 is 6.13. The van der Waals surface area contributed by atoms with Gasteiger partial charge >= 0.3 is 0 Å². The average Bonchev–Trinajstić information content (AvgIpc) is 2.67. The van der Waals surface area contributed by atoms with Crippen molar-refractivity contribution in [2.75, 3.05) is 0 Å². The third-order valence-corrected chi connectivity index (χ3v) is 4.51. The normalized spacial score (nSPS) is 12.9. The highest BCUT2D eigenvalue weighted by atomic mass is 35.5. The summed E-state index contributed by atoms with van der Waals surface area (Å²) in [6, 6.07) is 7.82. The fourth-order valence-electron chi connectivity index (χ4n) is 2.52. The topological polar surface area (TPSA) is 46.0 Å². The Morgan fingerprint density at radius 2 is 1.38 bits per heavy atom. The Balaban J connectivity index is 0.000000240. The number of alkyl halides is 1. The van der Waals surface area contributed by atoms with Crippen LogP contribution in [0.25, 0.3) is 0 Å². The second-order valence-corrected chi connectivity index (χ2v) is 6.11. The van der Waals surface area contributed by atoms with E-state index >= 15 is 0 Å². The number of aryl methyl sites for hydroxylation is 2. The Kier molecular flexibility index (Phi) is 9.58. The molecule has 0 aliphatic rings. The van der Waals surface area contributed by atoms with Gasteiger partial charge in [-0.2, -0.15) is 0 Å². The van der Waals surface area contributed by atoms with E-state index in [-0.39, 0.29) is 11.5 Å². The second-order valence-electron chi connectivity index (χ2n) is 5.59. The molecule has 2 aromatic heterocycles. The highest BCUT2D eigenvalue weighted by Gasteiger charge is 2.09. The summed E-state index contributed by atoms with van der Waals surface area (Å²) < 4.78 is 0. The average molecular weight is 349 g/mol. The van der Waals surface area contributed by atoms with E-state index in [0.717, 1.165) is 42.6 Å². The zero-order chi connectivity index (χ0) is 17.9. The van der Waals surface area contributed by atoms with Crippen molar-refractivity contribution in [1.29, 1.82) is 0 Å². The van der Waals surface area contributed by atoms with Crippen LogP contribution in [-0.4, -0.2) is 15.1 Å². The Morgan fingerprint density at radius 1 is 0.875 bits per heavy atom. The first-order valence-electron chi connectivity index (χ1n) is 8.78. The number of hydrogen-bond donors (Lipinski definition) is 1. The molecule has 0 radical (unpaired) electrons. The van der Waals surface area contributed by atoms with Crippen LogP contribution in [0.2, 0.25) is 0 Å². The van der Waals surface area contributed by atoms with Crippen molar-refractivity contribution in [3.8, 4) is 0 Å². The van der Waals surface area contributed by atoms with Gasteiger partial charge < -0.3 is 5.11 Å². The standard InChI is InChI=1S/C10H14ClN.C10H15NO/c1-3-9(11)8-6-5-7-12-10(8)4-2;1-3-9-8(10(12)4-2)6-5-7-11-9/h5-7,9H,3-4H2,1-2H3;5-7,10,12H,3-4H2,1-2H3. The lowest BCUT2D eigenvalue weighted by Crippen LogP contribution is -2.01. The Morgan fingerprint density at radius 3 is 1.83 bits per heavy atom. The van der Waals surface area contributed by atoms with Crippen LogP contribution in [0.4, 0.5) is 0 Å². The molecular weight excluding hydrogens is 320 g/mol. The predicted molar refractivity (Wildman–Crippen MR) is 101 cm³/mol. The fourth-order valence-corrected chi connectivity index (χ4v) is 2.72. The Hall–Kier alpha value is -1.45. The van der Waals surface area contributed by atoms with Gasteiger partial charge in [0.2, 0.25) is 0 Å². The first kappa shape index (κ1) is 20.6. The van der Waals surface area contributed by atoms with Gasteiger partial charge in [-0.05, 0) is 43.4 Å². The molecule has 132 valence electrons. The number of aliphatic hydroxyl groups excluding tert-OH is 1. The van der Waals surface area contributed by atoms with Crippen molar-refractivity contribution in [1.82, 2.24) is 9.97 Å². The number of aliphatic hydroxyl groups is 1. The summed E-state index contributed by atoms with van der Waals surface area (Å²) in [4.78, 5) is 8.49. The van der Waals surface area contributed by atoms with E-state index in [0.29, 0.717) is 0 Å². The number of pyridine rings is 2. The molecule has 2 heterocycles. The Labute approximate surface area is 151 Å². The minimum atomic E-state index is -0.353. The van der Waals surface area contributed by atoms with Crippen molar-refractivity contribution in [2.45, 2.75) is 64.9 Å². The molecule has 0 bridgehead atoms. The maximum absolute atomic E-state index is 9.60. The molecular formula is C20H29ClN2O. The van der Waals surface area contributed by atoms with Gasteiger partial charge in [0.05, 0.1) is 11.5 Å². The van der Waals surface area contributed by atoms with Gasteiger partial charge in [-0.25, -0.2) is 0 Å². The van der Waals surface area contributed by atoms with E-state index in [4.69, 9.17) is 11.6 Å². The van der Waals surface area contributed by atoms with Gasteiger partial charge in [0.25, 0.3) is 0 Å². The third-order valence-electron chi connectivity index (χ3n) is 3.96.